The zero-order valence-electron chi connectivity index (χ0n) is 12.7. The molecule has 0 saturated heterocycles. The maximum Gasteiger partial charge on any atom is 0.338 e. The minimum atomic E-state index is -1.00. The molecule has 0 aromatic carbocycles. The molecule has 5 nitrogen and oxygen atoms in total. The fourth-order valence-corrected chi connectivity index (χ4v) is 3.86. The third kappa shape index (κ3) is 3.56. The predicted molar refractivity (Wildman–Crippen MR) is 84.3 cm³/mol. The summed E-state index contributed by atoms with van der Waals surface area (Å²) < 4.78 is 0. The number of urea groups is 1. The van der Waals surface area contributed by atoms with Crippen LogP contribution in [0.2, 0.25) is 0 Å². The Morgan fingerprint density at radius 3 is 2.52 bits per heavy atom. The van der Waals surface area contributed by atoms with Crippen molar-refractivity contribution < 1.29 is 14.7 Å². The van der Waals surface area contributed by atoms with Crippen LogP contribution in [0, 0.1) is 19.8 Å². The summed E-state index contributed by atoms with van der Waals surface area (Å²) in [7, 11) is 0. The number of hydrogen-bond donors (Lipinski definition) is 3. The van der Waals surface area contributed by atoms with Gasteiger partial charge in [0.15, 0.2) is 0 Å². The van der Waals surface area contributed by atoms with Crippen molar-refractivity contribution in [3.05, 3.63) is 16.0 Å². The van der Waals surface area contributed by atoms with E-state index < -0.39 is 5.97 Å². The number of hydrogen-bond acceptors (Lipinski definition) is 3. The fourth-order valence-electron chi connectivity index (χ4n) is 2.81. The largest absolute Gasteiger partial charge is 0.478 e. The Labute approximate surface area is 128 Å². The van der Waals surface area contributed by atoms with Crippen molar-refractivity contribution in [2.45, 2.75) is 52.5 Å². The molecule has 0 spiro atoms. The minimum Gasteiger partial charge on any atom is -0.478 e. The molecule has 1 heterocycles. The van der Waals surface area contributed by atoms with Crippen LogP contribution in [0.3, 0.4) is 0 Å². The van der Waals surface area contributed by atoms with Gasteiger partial charge in [-0.3, -0.25) is 5.32 Å². The second-order valence-electron chi connectivity index (χ2n) is 5.76. The molecule has 3 N–H and O–H groups in total. The Hall–Kier alpha value is -1.56. The fraction of sp³-hybridized carbons (Fsp3) is 0.600. The number of carbonyl (C=O) groups excluding carboxylic acids is 1. The maximum absolute atomic E-state index is 12.1. The van der Waals surface area contributed by atoms with Crippen LogP contribution < -0.4 is 10.6 Å². The van der Waals surface area contributed by atoms with E-state index in [1.807, 2.05) is 6.92 Å². The van der Waals surface area contributed by atoms with Crippen LogP contribution in [0.25, 0.3) is 0 Å². The maximum atomic E-state index is 12.1. The summed E-state index contributed by atoms with van der Waals surface area (Å²) in [6.07, 6.45) is 4.46. The Kier molecular flexibility index (Phi) is 4.88. The molecule has 1 fully saturated rings. The highest BCUT2D eigenvalue weighted by molar-refractivity contribution is 7.16. The van der Waals surface area contributed by atoms with E-state index in [9.17, 15) is 14.7 Å². The molecule has 1 aliphatic carbocycles. The van der Waals surface area contributed by atoms with Crippen LogP contribution >= 0.6 is 11.3 Å². The van der Waals surface area contributed by atoms with Crippen LogP contribution in [-0.4, -0.2) is 23.1 Å². The number of aryl methyl sites for hydroxylation is 1. The van der Waals surface area contributed by atoms with Gasteiger partial charge in [0.25, 0.3) is 0 Å². The minimum absolute atomic E-state index is 0.175. The van der Waals surface area contributed by atoms with Crippen LogP contribution in [0.1, 0.15) is 53.4 Å². The van der Waals surface area contributed by atoms with Gasteiger partial charge in [-0.2, -0.15) is 0 Å². The molecule has 0 radical (unpaired) electrons. The van der Waals surface area contributed by atoms with Gasteiger partial charge in [0.2, 0.25) is 0 Å². The summed E-state index contributed by atoms with van der Waals surface area (Å²) in [6, 6.07) is -0.133. The molecule has 2 unspecified atom stereocenters. The quantitative estimate of drug-likeness (QED) is 0.795. The van der Waals surface area contributed by atoms with Crippen LogP contribution in [0.5, 0.6) is 0 Å². The molecule has 116 valence electrons. The van der Waals surface area contributed by atoms with E-state index in [0.29, 0.717) is 16.5 Å². The van der Waals surface area contributed by atoms with Crippen molar-refractivity contribution in [1.29, 1.82) is 0 Å². The lowest BCUT2D eigenvalue weighted by Gasteiger charge is -2.29. The van der Waals surface area contributed by atoms with E-state index in [1.54, 1.807) is 6.92 Å². The molecular weight excluding hydrogens is 288 g/mol. The van der Waals surface area contributed by atoms with Crippen LogP contribution in [0.15, 0.2) is 0 Å². The normalized spacial score (nSPS) is 21.9. The van der Waals surface area contributed by atoms with Gasteiger partial charge in [-0.15, -0.1) is 11.3 Å². The number of carbonyl (C=O) groups is 2. The molecule has 21 heavy (non-hydrogen) atoms. The predicted octanol–water partition coefficient (Wildman–Crippen LogP) is 3.76. The van der Waals surface area contributed by atoms with Gasteiger partial charge in [-0.05, 0) is 38.2 Å². The summed E-state index contributed by atoms with van der Waals surface area (Å²) in [4.78, 5) is 24.3. The standard InChI is InChI=1S/C15H22N2O3S/c1-8-6-4-5-7-11(8)16-15(20)17-13-12(14(18)19)9(2)10(3)21-13/h8,11H,4-7H2,1-3H3,(H,18,19)(H2,16,17,20). The number of carboxylic acids is 1. The summed E-state index contributed by atoms with van der Waals surface area (Å²) in [5.74, 6) is -0.534. The summed E-state index contributed by atoms with van der Waals surface area (Å²) in [5, 5.41) is 15.4. The first-order valence-electron chi connectivity index (χ1n) is 7.31. The molecule has 2 amide bonds. The first-order chi connectivity index (χ1) is 9.90. The Morgan fingerprint density at radius 2 is 1.90 bits per heavy atom. The first kappa shape index (κ1) is 15.8. The zero-order chi connectivity index (χ0) is 15.6. The Bertz CT molecular complexity index is 553. The van der Waals surface area contributed by atoms with Crippen LogP contribution in [0.4, 0.5) is 9.80 Å². The number of nitrogens with one attached hydrogen (secondary N) is 2. The lowest BCUT2D eigenvalue weighted by molar-refractivity contribution is 0.0697. The van der Waals surface area contributed by atoms with Crippen LogP contribution in [-0.2, 0) is 0 Å². The van der Waals surface area contributed by atoms with Gasteiger partial charge in [0.1, 0.15) is 5.00 Å². The highest BCUT2D eigenvalue weighted by Gasteiger charge is 2.24. The summed E-state index contributed by atoms with van der Waals surface area (Å²) in [6.45, 7) is 5.77. The number of thiophene rings is 1. The third-order valence-electron chi connectivity index (χ3n) is 4.25. The molecule has 1 aromatic heterocycles. The molecule has 1 aliphatic rings. The Morgan fingerprint density at radius 1 is 1.24 bits per heavy atom. The molecule has 1 aromatic rings. The highest BCUT2D eigenvalue weighted by Crippen LogP contribution is 2.32. The lowest BCUT2D eigenvalue weighted by Crippen LogP contribution is -2.43. The molecule has 2 rings (SSSR count). The average molecular weight is 310 g/mol. The second kappa shape index (κ2) is 6.47. The number of aromatic carboxylic acids is 1. The van der Waals surface area contributed by atoms with E-state index in [-0.39, 0.29) is 17.6 Å². The zero-order valence-corrected chi connectivity index (χ0v) is 13.5. The van der Waals surface area contributed by atoms with Gasteiger partial charge in [-0.25, -0.2) is 9.59 Å². The monoisotopic (exact) mass is 310 g/mol. The van der Waals surface area contributed by atoms with Crippen molar-refractivity contribution in [1.82, 2.24) is 5.32 Å². The van der Waals surface area contributed by atoms with Crippen molar-refractivity contribution in [2.24, 2.45) is 5.92 Å². The van der Waals surface area contributed by atoms with Crippen molar-refractivity contribution in [3.8, 4) is 0 Å². The van der Waals surface area contributed by atoms with Gasteiger partial charge < -0.3 is 10.4 Å². The number of carboxylic acid groups (broad SMARTS) is 1. The van der Waals surface area contributed by atoms with Gasteiger partial charge >= 0.3 is 12.0 Å². The van der Waals surface area contributed by atoms with Gasteiger partial charge in [-0.1, -0.05) is 19.8 Å². The number of amides is 2. The molecule has 1 saturated carbocycles. The summed E-state index contributed by atoms with van der Waals surface area (Å²) in [5.41, 5.74) is 0.915. The molecule has 0 aliphatic heterocycles. The van der Waals surface area contributed by atoms with Gasteiger partial charge in [0, 0.05) is 10.9 Å². The average Bonchev–Trinajstić information content (AvgIpc) is 2.67. The van der Waals surface area contributed by atoms with E-state index in [1.165, 1.54) is 17.8 Å². The van der Waals surface area contributed by atoms with Crippen molar-refractivity contribution >= 4 is 28.3 Å². The lowest BCUT2D eigenvalue weighted by atomic mass is 9.86. The topological polar surface area (TPSA) is 78.4 Å². The van der Waals surface area contributed by atoms with Crippen molar-refractivity contribution in [3.63, 3.8) is 0 Å². The third-order valence-corrected chi connectivity index (χ3v) is 5.38. The van der Waals surface area contributed by atoms with Gasteiger partial charge in [0.05, 0.1) is 5.56 Å². The SMILES string of the molecule is Cc1sc(NC(=O)NC2CCCCC2C)c(C(=O)O)c1C. The number of anilines is 1. The molecule has 2 atom stereocenters. The van der Waals surface area contributed by atoms with E-state index >= 15 is 0 Å². The van der Waals surface area contributed by atoms with E-state index in [2.05, 4.69) is 17.6 Å². The first-order valence-corrected chi connectivity index (χ1v) is 8.12. The van der Waals surface area contributed by atoms with E-state index in [4.69, 9.17) is 0 Å². The molecule has 6 heteroatoms. The highest BCUT2D eigenvalue weighted by atomic mass is 32.1. The Balaban J connectivity index is 2.06. The van der Waals surface area contributed by atoms with E-state index in [0.717, 1.165) is 24.1 Å². The van der Waals surface area contributed by atoms with Crippen molar-refractivity contribution in [2.75, 3.05) is 5.32 Å². The smallest absolute Gasteiger partial charge is 0.338 e. The molecular formula is C15H22N2O3S. The summed E-state index contributed by atoms with van der Waals surface area (Å²) >= 11 is 1.31. The second-order valence-corrected chi connectivity index (χ2v) is 6.98. The molecule has 0 bridgehead atoms. The number of rotatable bonds is 3.